The molecular formula is C15H13Cl2N3O2. The van der Waals surface area contributed by atoms with Gasteiger partial charge >= 0.3 is 0 Å². The lowest BCUT2D eigenvalue weighted by atomic mass is 10.1. The van der Waals surface area contributed by atoms with Gasteiger partial charge in [0.1, 0.15) is 10.1 Å². The molecule has 0 radical (unpaired) electrons. The zero-order valence-electron chi connectivity index (χ0n) is 11.7. The molecule has 1 aliphatic carbocycles. The van der Waals surface area contributed by atoms with Crippen LogP contribution in [-0.2, 0) is 4.79 Å². The Labute approximate surface area is 137 Å². The number of amides is 1. The Kier molecular flexibility index (Phi) is 3.70. The third kappa shape index (κ3) is 2.87. The average Bonchev–Trinajstić information content (AvgIpc) is 3.00. The summed E-state index contributed by atoms with van der Waals surface area (Å²) < 4.78 is 4.57. The van der Waals surface area contributed by atoms with Crippen LogP contribution in [-0.4, -0.2) is 20.2 Å². The quantitative estimate of drug-likeness (QED) is 0.862. The summed E-state index contributed by atoms with van der Waals surface area (Å²) >= 11 is 12.0. The molecule has 0 aliphatic heterocycles. The second-order valence-corrected chi connectivity index (χ2v) is 6.82. The predicted molar refractivity (Wildman–Crippen MR) is 84.3 cm³/mol. The van der Waals surface area contributed by atoms with Gasteiger partial charge in [-0.25, -0.2) is 4.98 Å². The van der Waals surface area contributed by atoms with E-state index in [0.29, 0.717) is 23.7 Å². The number of benzene rings is 1. The minimum Gasteiger partial charge on any atom is -0.437 e. The van der Waals surface area contributed by atoms with E-state index in [9.17, 15) is 4.79 Å². The monoisotopic (exact) mass is 337 g/mol. The van der Waals surface area contributed by atoms with Crippen molar-refractivity contribution in [1.29, 1.82) is 0 Å². The number of hydrogen-bond acceptors (Lipinski definition) is 4. The van der Waals surface area contributed by atoms with Gasteiger partial charge in [-0.3, -0.25) is 9.78 Å². The van der Waals surface area contributed by atoms with Crippen LogP contribution in [0.2, 0.25) is 0 Å². The van der Waals surface area contributed by atoms with Crippen LogP contribution in [0.4, 0.5) is 5.69 Å². The van der Waals surface area contributed by atoms with Crippen molar-refractivity contribution in [1.82, 2.24) is 9.97 Å². The maximum Gasteiger partial charge on any atom is 0.237 e. The van der Waals surface area contributed by atoms with Crippen molar-refractivity contribution < 1.29 is 9.53 Å². The Balaban J connectivity index is 1.71. The zero-order chi connectivity index (χ0) is 15.8. The van der Waals surface area contributed by atoms with E-state index in [1.54, 1.807) is 37.4 Å². The number of anilines is 1. The molecule has 0 spiro atoms. The van der Waals surface area contributed by atoms with Crippen LogP contribution in [0.15, 0.2) is 42.9 Å². The lowest BCUT2D eigenvalue weighted by Gasteiger charge is -2.13. The molecule has 1 aromatic carbocycles. The van der Waals surface area contributed by atoms with E-state index in [1.165, 1.54) is 12.4 Å². The maximum absolute atomic E-state index is 12.2. The van der Waals surface area contributed by atoms with Crippen molar-refractivity contribution in [2.75, 3.05) is 5.32 Å². The molecule has 0 unspecified atom stereocenters. The fourth-order valence-electron chi connectivity index (χ4n) is 2.01. The number of nitrogens with one attached hydrogen (secondary N) is 1. The SMILES string of the molecule is C[C@]1(C(=O)Nc2cccc(Oc3cnccn3)c2)CC1(Cl)Cl. The molecule has 2 aromatic rings. The van der Waals surface area contributed by atoms with E-state index < -0.39 is 9.75 Å². The lowest BCUT2D eigenvalue weighted by Crippen LogP contribution is -2.25. The summed E-state index contributed by atoms with van der Waals surface area (Å²) in [4.78, 5) is 20.2. The fourth-order valence-corrected chi connectivity index (χ4v) is 2.72. The summed E-state index contributed by atoms with van der Waals surface area (Å²) in [7, 11) is 0. The van der Waals surface area contributed by atoms with Gasteiger partial charge < -0.3 is 10.1 Å². The van der Waals surface area contributed by atoms with Gasteiger partial charge in [-0.2, -0.15) is 0 Å². The second kappa shape index (κ2) is 5.41. The molecule has 1 fully saturated rings. The Morgan fingerprint density at radius 3 is 2.77 bits per heavy atom. The van der Waals surface area contributed by atoms with E-state index in [1.807, 2.05) is 0 Å². The average molecular weight is 338 g/mol. The van der Waals surface area contributed by atoms with Crippen molar-refractivity contribution in [2.45, 2.75) is 17.7 Å². The third-order valence-electron chi connectivity index (χ3n) is 3.61. The number of ether oxygens (including phenoxy) is 1. The largest absolute Gasteiger partial charge is 0.437 e. The number of aromatic nitrogens is 2. The molecule has 1 aromatic heterocycles. The Hall–Kier alpha value is -1.85. The summed E-state index contributed by atoms with van der Waals surface area (Å²) in [5.74, 6) is 0.706. The van der Waals surface area contributed by atoms with Gasteiger partial charge in [0, 0.05) is 24.1 Å². The topological polar surface area (TPSA) is 64.1 Å². The summed E-state index contributed by atoms with van der Waals surface area (Å²) in [5, 5.41) is 2.80. The van der Waals surface area contributed by atoms with E-state index >= 15 is 0 Å². The first kappa shape index (κ1) is 15.1. The van der Waals surface area contributed by atoms with Gasteiger partial charge in [0.15, 0.2) is 0 Å². The first-order valence-corrected chi connectivity index (χ1v) is 7.39. The smallest absolute Gasteiger partial charge is 0.237 e. The van der Waals surface area contributed by atoms with E-state index in [4.69, 9.17) is 27.9 Å². The van der Waals surface area contributed by atoms with Crippen LogP contribution in [0.1, 0.15) is 13.3 Å². The van der Waals surface area contributed by atoms with Gasteiger partial charge in [0.05, 0.1) is 11.6 Å². The standard InChI is InChI=1S/C15H13Cl2N3O2/c1-14(9-15(14,16)17)13(21)20-10-3-2-4-11(7-10)22-12-8-18-5-6-19-12/h2-8H,9H2,1H3,(H,20,21)/t14-/m1/s1. The number of carbonyl (C=O) groups excluding carboxylic acids is 1. The number of hydrogen-bond donors (Lipinski definition) is 1. The molecule has 5 nitrogen and oxygen atoms in total. The molecule has 1 aliphatic rings. The molecule has 0 bridgehead atoms. The second-order valence-electron chi connectivity index (χ2n) is 5.34. The van der Waals surface area contributed by atoms with Crippen LogP contribution in [0.5, 0.6) is 11.6 Å². The molecule has 1 atom stereocenters. The van der Waals surface area contributed by atoms with Crippen LogP contribution < -0.4 is 10.1 Å². The number of nitrogens with zero attached hydrogens (tertiary/aromatic N) is 2. The Morgan fingerprint density at radius 2 is 2.14 bits per heavy atom. The minimum atomic E-state index is -0.995. The fraction of sp³-hybridized carbons (Fsp3) is 0.267. The number of halogens is 2. The highest BCUT2D eigenvalue weighted by Gasteiger charge is 2.67. The first-order chi connectivity index (χ1) is 10.4. The van der Waals surface area contributed by atoms with Crippen molar-refractivity contribution in [3.63, 3.8) is 0 Å². The predicted octanol–water partition coefficient (Wildman–Crippen LogP) is 3.79. The molecule has 3 rings (SSSR count). The molecule has 114 valence electrons. The van der Waals surface area contributed by atoms with Gasteiger partial charge in [-0.05, 0) is 25.5 Å². The summed E-state index contributed by atoms with van der Waals surface area (Å²) in [5.41, 5.74) is -0.165. The van der Waals surface area contributed by atoms with Crippen molar-refractivity contribution in [3.8, 4) is 11.6 Å². The molecular weight excluding hydrogens is 325 g/mol. The normalized spacial score (nSPS) is 22.0. The van der Waals surface area contributed by atoms with Crippen LogP contribution in [0.25, 0.3) is 0 Å². The van der Waals surface area contributed by atoms with E-state index in [2.05, 4.69) is 15.3 Å². The summed E-state index contributed by atoms with van der Waals surface area (Å²) in [6.07, 6.45) is 5.04. The van der Waals surface area contributed by atoms with Crippen LogP contribution in [0.3, 0.4) is 0 Å². The summed E-state index contributed by atoms with van der Waals surface area (Å²) in [6.45, 7) is 1.74. The highest BCUT2D eigenvalue weighted by molar-refractivity contribution is 6.53. The van der Waals surface area contributed by atoms with Crippen molar-refractivity contribution >= 4 is 34.8 Å². The van der Waals surface area contributed by atoms with Crippen molar-refractivity contribution in [2.24, 2.45) is 5.41 Å². The molecule has 1 heterocycles. The highest BCUT2D eigenvalue weighted by atomic mass is 35.5. The van der Waals surface area contributed by atoms with Crippen molar-refractivity contribution in [3.05, 3.63) is 42.9 Å². The Bertz CT molecular complexity index is 709. The number of carbonyl (C=O) groups is 1. The molecule has 1 N–H and O–H groups in total. The van der Waals surface area contributed by atoms with Crippen LogP contribution >= 0.6 is 23.2 Å². The first-order valence-electron chi connectivity index (χ1n) is 6.64. The van der Waals surface area contributed by atoms with E-state index in [-0.39, 0.29) is 5.91 Å². The lowest BCUT2D eigenvalue weighted by molar-refractivity contribution is -0.120. The van der Waals surface area contributed by atoms with Gasteiger partial charge in [-0.1, -0.05) is 6.07 Å². The third-order valence-corrected chi connectivity index (χ3v) is 4.71. The van der Waals surface area contributed by atoms with E-state index in [0.717, 1.165) is 0 Å². The van der Waals surface area contributed by atoms with Gasteiger partial charge in [0.2, 0.25) is 11.8 Å². The molecule has 22 heavy (non-hydrogen) atoms. The number of alkyl halides is 2. The zero-order valence-corrected chi connectivity index (χ0v) is 13.2. The molecule has 7 heteroatoms. The van der Waals surface area contributed by atoms with Gasteiger partial charge in [-0.15, -0.1) is 23.2 Å². The minimum absolute atomic E-state index is 0.214. The summed E-state index contributed by atoms with van der Waals surface area (Å²) in [6, 6.07) is 6.99. The number of rotatable bonds is 4. The highest BCUT2D eigenvalue weighted by Crippen LogP contribution is 2.64. The maximum atomic E-state index is 12.2. The Morgan fingerprint density at radius 1 is 1.36 bits per heavy atom. The van der Waals surface area contributed by atoms with Crippen LogP contribution in [0, 0.1) is 5.41 Å². The van der Waals surface area contributed by atoms with Gasteiger partial charge in [0.25, 0.3) is 0 Å². The molecule has 1 saturated carbocycles. The molecule has 1 amide bonds. The molecule has 0 saturated heterocycles.